The molecule has 1 N–H and O–H groups in total. The third-order valence-corrected chi connectivity index (χ3v) is 2.59. The summed E-state index contributed by atoms with van der Waals surface area (Å²) in [5, 5.41) is 9.04. The van der Waals surface area contributed by atoms with Gasteiger partial charge in [0.25, 0.3) is 0 Å². The minimum absolute atomic E-state index is 0.0352. The van der Waals surface area contributed by atoms with E-state index >= 15 is 0 Å². The van der Waals surface area contributed by atoms with E-state index in [4.69, 9.17) is 21.4 Å². The van der Waals surface area contributed by atoms with Crippen LogP contribution >= 0.6 is 11.6 Å². The number of hydrogen-bond donors (Lipinski definition) is 1. The van der Waals surface area contributed by atoms with Crippen LogP contribution in [0.1, 0.15) is 13.8 Å². The molecule has 94 valence electrons. The van der Waals surface area contributed by atoms with Gasteiger partial charge in [-0.3, -0.25) is 0 Å². The molecule has 0 aliphatic carbocycles. The van der Waals surface area contributed by atoms with Crippen molar-refractivity contribution in [2.45, 2.75) is 19.4 Å². The maximum atomic E-state index is 11.1. The molecular weight excluding hydrogens is 248 g/mol. The predicted molar refractivity (Wildman–Crippen MR) is 61.5 cm³/mol. The molecule has 0 atom stereocenters. The lowest BCUT2D eigenvalue weighted by atomic mass is 10.1. The van der Waals surface area contributed by atoms with Crippen molar-refractivity contribution >= 4 is 23.5 Å². The Morgan fingerprint density at radius 3 is 2.47 bits per heavy atom. The molecule has 17 heavy (non-hydrogen) atoms. The van der Waals surface area contributed by atoms with Crippen LogP contribution in [0.2, 0.25) is 5.28 Å². The first-order chi connectivity index (χ1) is 7.78. The van der Waals surface area contributed by atoms with Gasteiger partial charge in [0.15, 0.2) is 0 Å². The van der Waals surface area contributed by atoms with E-state index in [0.29, 0.717) is 0 Å². The maximum absolute atomic E-state index is 11.1. The van der Waals surface area contributed by atoms with Crippen LogP contribution in [0.3, 0.4) is 0 Å². The second-order valence-corrected chi connectivity index (χ2v) is 4.15. The summed E-state index contributed by atoms with van der Waals surface area (Å²) in [6, 6.07) is 0.0352. The van der Waals surface area contributed by atoms with E-state index in [1.54, 1.807) is 7.05 Å². The quantitative estimate of drug-likeness (QED) is 0.858. The monoisotopic (exact) mass is 260 g/mol. The summed E-state index contributed by atoms with van der Waals surface area (Å²) in [6.45, 7) is 3.05. The Kier molecular flexibility index (Phi) is 3.72. The van der Waals surface area contributed by atoms with Gasteiger partial charge in [-0.2, -0.15) is 15.0 Å². The van der Waals surface area contributed by atoms with Crippen molar-refractivity contribution in [1.29, 1.82) is 0 Å². The van der Waals surface area contributed by atoms with Crippen molar-refractivity contribution in [1.82, 2.24) is 15.0 Å². The molecule has 1 heterocycles. The van der Waals surface area contributed by atoms with E-state index in [2.05, 4.69) is 15.0 Å². The Hall–Kier alpha value is -1.63. The number of likely N-dealkylation sites (N-methyl/N-ethyl adjacent to an activating group) is 1. The van der Waals surface area contributed by atoms with Crippen molar-refractivity contribution in [3.63, 3.8) is 0 Å². The Balaban J connectivity index is 3.16. The number of carboxylic acid groups (broad SMARTS) is 1. The van der Waals surface area contributed by atoms with Gasteiger partial charge in [0.05, 0.1) is 7.11 Å². The molecule has 0 unspecified atom stereocenters. The first kappa shape index (κ1) is 13.4. The summed E-state index contributed by atoms with van der Waals surface area (Å²) in [5.41, 5.74) is -1.17. The van der Waals surface area contributed by atoms with Crippen molar-refractivity contribution < 1.29 is 14.6 Å². The van der Waals surface area contributed by atoms with Gasteiger partial charge < -0.3 is 14.7 Å². The van der Waals surface area contributed by atoms with E-state index < -0.39 is 11.5 Å². The molecule has 0 radical (unpaired) electrons. The van der Waals surface area contributed by atoms with Crippen LogP contribution in [0.4, 0.5) is 5.95 Å². The number of aliphatic carboxylic acids is 1. The van der Waals surface area contributed by atoms with Gasteiger partial charge in [0.1, 0.15) is 5.54 Å². The van der Waals surface area contributed by atoms with Gasteiger partial charge >= 0.3 is 12.0 Å². The number of methoxy groups -OCH3 is 1. The zero-order chi connectivity index (χ0) is 13.2. The van der Waals surface area contributed by atoms with Crippen molar-refractivity contribution in [2.75, 3.05) is 19.1 Å². The zero-order valence-electron chi connectivity index (χ0n) is 9.93. The highest BCUT2D eigenvalue weighted by Crippen LogP contribution is 2.21. The first-order valence-electron chi connectivity index (χ1n) is 4.72. The summed E-state index contributed by atoms with van der Waals surface area (Å²) >= 11 is 5.69. The van der Waals surface area contributed by atoms with Crippen molar-refractivity contribution in [2.24, 2.45) is 0 Å². The van der Waals surface area contributed by atoms with Crippen LogP contribution < -0.4 is 9.64 Å². The number of carbonyl (C=O) groups is 1. The molecular formula is C9H13ClN4O3. The fraction of sp³-hybridized carbons (Fsp3) is 0.556. The highest BCUT2D eigenvalue weighted by molar-refractivity contribution is 6.28. The van der Waals surface area contributed by atoms with Crippen LogP contribution in [0.5, 0.6) is 6.01 Å². The number of nitrogens with zero attached hydrogens (tertiary/aromatic N) is 4. The number of aromatic nitrogens is 3. The lowest BCUT2D eigenvalue weighted by Gasteiger charge is -2.31. The molecule has 7 nitrogen and oxygen atoms in total. The van der Waals surface area contributed by atoms with E-state index in [-0.39, 0.29) is 17.2 Å². The minimum Gasteiger partial charge on any atom is -0.480 e. The molecule has 0 bridgehead atoms. The van der Waals surface area contributed by atoms with Gasteiger partial charge in [0, 0.05) is 7.05 Å². The second-order valence-electron chi connectivity index (χ2n) is 3.81. The Bertz CT molecular complexity index is 438. The van der Waals surface area contributed by atoms with Crippen LogP contribution in [-0.2, 0) is 4.79 Å². The second kappa shape index (κ2) is 4.70. The number of ether oxygens (including phenoxy) is 1. The number of halogens is 1. The molecule has 0 aliphatic rings. The topological polar surface area (TPSA) is 88.4 Å². The van der Waals surface area contributed by atoms with E-state index in [9.17, 15) is 4.79 Å². The van der Waals surface area contributed by atoms with Crippen LogP contribution in [0.25, 0.3) is 0 Å². The fourth-order valence-electron chi connectivity index (χ4n) is 0.957. The molecule has 0 spiro atoms. The van der Waals surface area contributed by atoms with Gasteiger partial charge in [-0.15, -0.1) is 0 Å². The van der Waals surface area contributed by atoms with Gasteiger partial charge in [-0.25, -0.2) is 4.79 Å². The van der Waals surface area contributed by atoms with Gasteiger partial charge in [0.2, 0.25) is 11.2 Å². The normalized spacial score (nSPS) is 11.1. The molecule has 1 aromatic rings. The summed E-state index contributed by atoms with van der Waals surface area (Å²) < 4.78 is 4.84. The summed E-state index contributed by atoms with van der Waals surface area (Å²) in [5.74, 6) is -0.871. The SMILES string of the molecule is COc1nc(Cl)nc(N(C)C(C)(C)C(=O)O)n1. The Morgan fingerprint density at radius 2 is 2.00 bits per heavy atom. The van der Waals surface area contributed by atoms with Crippen molar-refractivity contribution in [3.8, 4) is 6.01 Å². The first-order valence-corrected chi connectivity index (χ1v) is 5.09. The van der Waals surface area contributed by atoms with E-state index in [1.165, 1.54) is 25.9 Å². The van der Waals surface area contributed by atoms with Gasteiger partial charge in [-0.1, -0.05) is 0 Å². The molecule has 0 fully saturated rings. The molecule has 0 aromatic carbocycles. The molecule has 0 saturated carbocycles. The summed E-state index contributed by atoms with van der Waals surface area (Å²) in [6.07, 6.45) is 0. The van der Waals surface area contributed by atoms with Crippen molar-refractivity contribution in [3.05, 3.63) is 5.28 Å². The number of carboxylic acids is 1. The lowest BCUT2D eigenvalue weighted by molar-refractivity contribution is -0.142. The van der Waals surface area contributed by atoms with Crippen LogP contribution in [0.15, 0.2) is 0 Å². The Morgan fingerprint density at radius 1 is 1.41 bits per heavy atom. The third kappa shape index (κ3) is 2.73. The summed E-state index contributed by atoms with van der Waals surface area (Å²) in [4.78, 5) is 24.0. The molecule has 0 aliphatic heterocycles. The van der Waals surface area contributed by atoms with Gasteiger partial charge in [-0.05, 0) is 25.4 Å². The number of anilines is 1. The highest BCUT2D eigenvalue weighted by atomic mass is 35.5. The molecule has 0 saturated heterocycles. The van der Waals surface area contributed by atoms with E-state index in [1.807, 2.05) is 0 Å². The van der Waals surface area contributed by atoms with Crippen LogP contribution in [0, 0.1) is 0 Å². The number of hydrogen-bond acceptors (Lipinski definition) is 6. The lowest BCUT2D eigenvalue weighted by Crippen LogP contribution is -2.48. The standard InChI is InChI=1S/C9H13ClN4O3/c1-9(2,5(15)16)14(3)7-11-6(10)12-8(13-7)17-4/h1-4H3,(H,15,16). The minimum atomic E-state index is -1.17. The molecule has 8 heteroatoms. The third-order valence-electron chi connectivity index (χ3n) is 2.42. The predicted octanol–water partition coefficient (Wildman–Crippen LogP) is 0.833. The zero-order valence-corrected chi connectivity index (χ0v) is 10.7. The Labute approximate surface area is 103 Å². The van der Waals surface area contributed by atoms with Crippen LogP contribution in [-0.4, -0.2) is 45.7 Å². The summed E-state index contributed by atoms with van der Waals surface area (Å²) in [7, 11) is 2.94. The fourth-order valence-corrected chi connectivity index (χ4v) is 1.10. The molecule has 1 rings (SSSR count). The smallest absolute Gasteiger partial charge is 0.329 e. The number of rotatable bonds is 4. The van der Waals surface area contributed by atoms with E-state index in [0.717, 1.165) is 0 Å². The maximum Gasteiger partial charge on any atom is 0.329 e. The largest absolute Gasteiger partial charge is 0.480 e. The average molecular weight is 261 g/mol. The molecule has 1 aromatic heterocycles. The average Bonchev–Trinajstić information content (AvgIpc) is 2.26. The molecule has 0 amide bonds. The highest BCUT2D eigenvalue weighted by Gasteiger charge is 2.34.